The number of carboxylic acid groups (broad SMARTS) is 1. The maximum Gasteiger partial charge on any atom is 0.335 e. The third kappa shape index (κ3) is 4.62. The van der Waals surface area contributed by atoms with Crippen LogP contribution in [0.1, 0.15) is 21.5 Å². The van der Waals surface area contributed by atoms with Gasteiger partial charge in [0.25, 0.3) is 11.8 Å². The molecule has 0 unspecified atom stereocenters. The van der Waals surface area contributed by atoms with Gasteiger partial charge in [-0.1, -0.05) is 18.2 Å². The van der Waals surface area contributed by atoms with Gasteiger partial charge in [0.2, 0.25) is 0 Å². The standard InChI is InChI=1S/C19H13BrN2O5S/c20-14-8-11(7-13-16(23)21-19(28)22-17(13)24)3-6-15(14)27-9-10-1-4-12(5-2-10)18(25)26/h1-8H,9H2,(H,25,26)(H2,21,22,23,24,28). The molecule has 1 saturated heterocycles. The molecule has 1 heterocycles. The number of thiocarbonyl (C=S) groups is 1. The lowest BCUT2D eigenvalue weighted by Crippen LogP contribution is -2.51. The van der Waals surface area contributed by atoms with Crippen LogP contribution >= 0.6 is 28.1 Å². The van der Waals surface area contributed by atoms with Crippen LogP contribution in [0.4, 0.5) is 0 Å². The Balaban J connectivity index is 1.71. The Labute approximate surface area is 173 Å². The van der Waals surface area contributed by atoms with Gasteiger partial charge in [0.1, 0.15) is 17.9 Å². The lowest BCUT2D eigenvalue weighted by molar-refractivity contribution is -0.123. The van der Waals surface area contributed by atoms with Crippen molar-refractivity contribution in [2.24, 2.45) is 0 Å². The van der Waals surface area contributed by atoms with Crippen molar-refractivity contribution in [2.45, 2.75) is 6.61 Å². The van der Waals surface area contributed by atoms with E-state index in [-0.39, 0.29) is 22.9 Å². The summed E-state index contributed by atoms with van der Waals surface area (Å²) in [5.41, 5.74) is 1.60. The predicted molar refractivity (Wildman–Crippen MR) is 109 cm³/mol. The van der Waals surface area contributed by atoms with Crippen LogP contribution in [0, 0.1) is 0 Å². The molecule has 0 aromatic heterocycles. The SMILES string of the molecule is O=C1NC(=S)NC(=O)C1=Cc1ccc(OCc2ccc(C(=O)O)cc2)c(Br)c1. The topological polar surface area (TPSA) is 105 Å². The smallest absolute Gasteiger partial charge is 0.335 e. The number of hydrogen-bond acceptors (Lipinski definition) is 5. The number of carbonyl (C=O) groups excluding carboxylic acids is 2. The Morgan fingerprint density at radius 1 is 1.11 bits per heavy atom. The van der Waals surface area contributed by atoms with E-state index in [0.29, 0.717) is 15.8 Å². The van der Waals surface area contributed by atoms with Gasteiger partial charge in [-0.3, -0.25) is 20.2 Å². The number of nitrogens with one attached hydrogen (secondary N) is 2. The summed E-state index contributed by atoms with van der Waals surface area (Å²) >= 11 is 8.16. The van der Waals surface area contributed by atoms with Crippen LogP contribution in [-0.2, 0) is 16.2 Å². The molecule has 0 atom stereocenters. The normalized spacial score (nSPS) is 13.6. The van der Waals surface area contributed by atoms with Crippen molar-refractivity contribution in [3.63, 3.8) is 0 Å². The largest absolute Gasteiger partial charge is 0.488 e. The van der Waals surface area contributed by atoms with E-state index in [1.54, 1.807) is 30.3 Å². The average molecular weight is 461 g/mol. The minimum atomic E-state index is -0.984. The maximum absolute atomic E-state index is 11.9. The van der Waals surface area contributed by atoms with E-state index in [4.69, 9.17) is 22.1 Å². The van der Waals surface area contributed by atoms with Gasteiger partial charge in [-0.2, -0.15) is 0 Å². The molecule has 0 radical (unpaired) electrons. The quantitative estimate of drug-likeness (QED) is 0.359. The zero-order chi connectivity index (χ0) is 20.3. The van der Waals surface area contributed by atoms with Crippen molar-refractivity contribution < 1.29 is 24.2 Å². The summed E-state index contributed by atoms with van der Waals surface area (Å²) in [6, 6.07) is 11.5. The second-order valence-corrected chi connectivity index (χ2v) is 7.04. The fourth-order valence-corrected chi connectivity index (χ4v) is 3.10. The molecule has 28 heavy (non-hydrogen) atoms. The molecule has 2 amide bonds. The average Bonchev–Trinajstić information content (AvgIpc) is 2.64. The number of carboxylic acids is 1. The van der Waals surface area contributed by atoms with Crippen LogP contribution in [0.2, 0.25) is 0 Å². The summed E-state index contributed by atoms with van der Waals surface area (Å²) in [4.78, 5) is 34.7. The molecule has 9 heteroatoms. The van der Waals surface area contributed by atoms with Gasteiger partial charge in [0, 0.05) is 0 Å². The van der Waals surface area contributed by atoms with Crippen molar-refractivity contribution in [1.29, 1.82) is 0 Å². The van der Waals surface area contributed by atoms with Crippen molar-refractivity contribution >= 4 is 57.1 Å². The van der Waals surface area contributed by atoms with E-state index in [9.17, 15) is 14.4 Å². The van der Waals surface area contributed by atoms with Crippen LogP contribution in [0.15, 0.2) is 52.5 Å². The second kappa shape index (κ2) is 8.32. The molecule has 0 aliphatic carbocycles. The predicted octanol–water partition coefficient (Wildman–Crippen LogP) is 2.64. The lowest BCUT2D eigenvalue weighted by atomic mass is 10.1. The first kappa shape index (κ1) is 19.7. The molecule has 0 saturated carbocycles. The maximum atomic E-state index is 11.9. The van der Waals surface area contributed by atoms with E-state index >= 15 is 0 Å². The number of carbonyl (C=O) groups is 3. The van der Waals surface area contributed by atoms with Crippen molar-refractivity contribution in [3.05, 3.63) is 69.2 Å². The Bertz CT molecular complexity index is 995. The van der Waals surface area contributed by atoms with Gasteiger partial charge in [-0.05, 0) is 69.6 Å². The zero-order valence-electron chi connectivity index (χ0n) is 14.2. The van der Waals surface area contributed by atoms with Crippen LogP contribution in [0.25, 0.3) is 6.08 Å². The Hall–Kier alpha value is -3.04. The highest BCUT2D eigenvalue weighted by atomic mass is 79.9. The molecule has 3 N–H and O–H groups in total. The zero-order valence-corrected chi connectivity index (χ0v) is 16.6. The highest BCUT2D eigenvalue weighted by Crippen LogP contribution is 2.28. The van der Waals surface area contributed by atoms with Gasteiger partial charge >= 0.3 is 5.97 Å². The van der Waals surface area contributed by atoms with Gasteiger partial charge in [-0.25, -0.2) is 4.79 Å². The van der Waals surface area contributed by atoms with Gasteiger partial charge < -0.3 is 9.84 Å². The summed E-state index contributed by atoms with van der Waals surface area (Å²) in [5, 5.41) is 13.6. The summed E-state index contributed by atoms with van der Waals surface area (Å²) in [6.45, 7) is 0.251. The first-order valence-electron chi connectivity index (χ1n) is 7.96. The van der Waals surface area contributed by atoms with Crippen molar-refractivity contribution in [2.75, 3.05) is 0 Å². The number of rotatable bonds is 5. The molecule has 0 bridgehead atoms. The second-order valence-electron chi connectivity index (χ2n) is 5.78. The number of benzene rings is 2. The van der Waals surface area contributed by atoms with E-state index in [2.05, 4.69) is 26.6 Å². The highest BCUT2D eigenvalue weighted by molar-refractivity contribution is 9.10. The Kier molecular flexibility index (Phi) is 5.86. The summed E-state index contributed by atoms with van der Waals surface area (Å²) in [5.74, 6) is -1.55. The Morgan fingerprint density at radius 2 is 1.75 bits per heavy atom. The number of ether oxygens (including phenoxy) is 1. The molecule has 1 fully saturated rings. The molecule has 142 valence electrons. The first-order chi connectivity index (χ1) is 13.3. The summed E-state index contributed by atoms with van der Waals surface area (Å²) < 4.78 is 6.37. The fraction of sp³-hybridized carbons (Fsp3) is 0.0526. The molecule has 2 aromatic rings. The number of aromatic carboxylic acids is 1. The molecule has 2 aromatic carbocycles. The van der Waals surface area contributed by atoms with E-state index < -0.39 is 17.8 Å². The molecule has 1 aliphatic rings. The molecule has 0 spiro atoms. The molecule has 3 rings (SSSR count). The first-order valence-corrected chi connectivity index (χ1v) is 9.16. The molecule has 7 nitrogen and oxygen atoms in total. The van der Waals surface area contributed by atoms with E-state index in [1.807, 2.05) is 0 Å². The number of halogens is 1. The lowest BCUT2D eigenvalue weighted by Gasteiger charge is -2.16. The molecular weight excluding hydrogens is 448 g/mol. The van der Waals surface area contributed by atoms with Gasteiger partial charge in [0.05, 0.1) is 10.0 Å². The number of amides is 2. The van der Waals surface area contributed by atoms with Crippen LogP contribution in [0.5, 0.6) is 5.75 Å². The van der Waals surface area contributed by atoms with Gasteiger partial charge in [0.15, 0.2) is 5.11 Å². The van der Waals surface area contributed by atoms with E-state index in [1.165, 1.54) is 18.2 Å². The third-order valence-corrected chi connectivity index (χ3v) is 4.63. The van der Waals surface area contributed by atoms with Crippen LogP contribution in [-0.4, -0.2) is 28.0 Å². The van der Waals surface area contributed by atoms with Gasteiger partial charge in [-0.15, -0.1) is 0 Å². The monoisotopic (exact) mass is 460 g/mol. The molecule has 1 aliphatic heterocycles. The van der Waals surface area contributed by atoms with Crippen molar-refractivity contribution in [3.8, 4) is 5.75 Å². The summed E-state index contributed by atoms with van der Waals surface area (Å²) in [7, 11) is 0. The Morgan fingerprint density at radius 3 is 2.32 bits per heavy atom. The molecular formula is C19H13BrN2O5S. The van der Waals surface area contributed by atoms with E-state index in [0.717, 1.165) is 5.56 Å². The fourth-order valence-electron chi connectivity index (χ4n) is 2.40. The highest BCUT2D eigenvalue weighted by Gasteiger charge is 2.25. The van der Waals surface area contributed by atoms with Crippen LogP contribution in [0.3, 0.4) is 0 Å². The minimum Gasteiger partial charge on any atom is -0.488 e. The third-order valence-electron chi connectivity index (χ3n) is 3.81. The van der Waals surface area contributed by atoms with Crippen LogP contribution < -0.4 is 15.4 Å². The summed E-state index contributed by atoms with van der Waals surface area (Å²) in [6.07, 6.45) is 1.45. The van der Waals surface area contributed by atoms with Crippen molar-refractivity contribution in [1.82, 2.24) is 10.6 Å². The minimum absolute atomic E-state index is 0.0199. The number of hydrogen-bond donors (Lipinski definition) is 3.